The Hall–Kier alpha value is -2.54. The SMILES string of the molecule is C#CCCCNc1cc(C(=O)O)c2ccccc2n1. The van der Waals surface area contributed by atoms with Crippen molar-refractivity contribution in [2.24, 2.45) is 0 Å². The molecule has 2 rings (SSSR count). The van der Waals surface area contributed by atoms with E-state index in [4.69, 9.17) is 6.42 Å². The molecule has 0 aliphatic rings. The Kier molecular flexibility index (Phi) is 3.99. The van der Waals surface area contributed by atoms with E-state index in [-0.39, 0.29) is 5.56 Å². The first kappa shape index (κ1) is 12.9. The summed E-state index contributed by atoms with van der Waals surface area (Å²) < 4.78 is 0. The molecule has 0 bridgehead atoms. The van der Waals surface area contributed by atoms with Crippen molar-refractivity contribution in [3.8, 4) is 12.3 Å². The highest BCUT2D eigenvalue weighted by Crippen LogP contribution is 2.20. The summed E-state index contributed by atoms with van der Waals surface area (Å²) in [5.74, 6) is 2.17. The quantitative estimate of drug-likeness (QED) is 0.636. The van der Waals surface area contributed by atoms with E-state index in [2.05, 4.69) is 16.2 Å². The maximum absolute atomic E-state index is 11.3. The monoisotopic (exact) mass is 254 g/mol. The van der Waals surface area contributed by atoms with Crippen molar-refractivity contribution in [2.45, 2.75) is 12.8 Å². The van der Waals surface area contributed by atoms with Crippen LogP contribution in [0.2, 0.25) is 0 Å². The van der Waals surface area contributed by atoms with Gasteiger partial charge in [0.25, 0.3) is 0 Å². The van der Waals surface area contributed by atoms with Crippen LogP contribution in [0.5, 0.6) is 0 Å². The summed E-state index contributed by atoms with van der Waals surface area (Å²) in [6.45, 7) is 0.675. The first-order valence-electron chi connectivity index (χ1n) is 6.03. The molecule has 0 amide bonds. The molecule has 1 aromatic heterocycles. The van der Waals surface area contributed by atoms with Gasteiger partial charge in [0.05, 0.1) is 11.1 Å². The lowest BCUT2D eigenvalue weighted by Crippen LogP contribution is -2.06. The number of rotatable bonds is 5. The van der Waals surface area contributed by atoms with Gasteiger partial charge in [0, 0.05) is 18.4 Å². The second-order valence-electron chi connectivity index (χ2n) is 4.11. The van der Waals surface area contributed by atoms with Crippen LogP contribution >= 0.6 is 0 Å². The summed E-state index contributed by atoms with van der Waals surface area (Å²) in [6.07, 6.45) is 6.69. The van der Waals surface area contributed by atoms with Crippen LogP contribution in [-0.4, -0.2) is 22.6 Å². The summed E-state index contributed by atoms with van der Waals surface area (Å²) in [5.41, 5.74) is 0.923. The summed E-state index contributed by atoms with van der Waals surface area (Å²) in [7, 11) is 0. The topological polar surface area (TPSA) is 62.2 Å². The van der Waals surface area contributed by atoms with Crippen LogP contribution in [0.3, 0.4) is 0 Å². The lowest BCUT2D eigenvalue weighted by molar-refractivity contribution is 0.0699. The molecular formula is C15H14N2O2. The number of aromatic carboxylic acids is 1. The number of pyridine rings is 1. The molecule has 0 aliphatic carbocycles. The molecule has 4 nitrogen and oxygen atoms in total. The highest BCUT2D eigenvalue weighted by molar-refractivity contribution is 6.03. The van der Waals surface area contributed by atoms with Gasteiger partial charge in [-0.15, -0.1) is 12.3 Å². The number of carboxylic acids is 1. The Morgan fingerprint density at radius 3 is 2.95 bits per heavy atom. The van der Waals surface area contributed by atoms with Crippen LogP contribution in [0, 0.1) is 12.3 Å². The normalized spacial score (nSPS) is 10.1. The predicted molar refractivity (Wildman–Crippen MR) is 75.3 cm³/mol. The van der Waals surface area contributed by atoms with Gasteiger partial charge in [-0.1, -0.05) is 18.2 Å². The fraction of sp³-hybridized carbons (Fsp3) is 0.200. The summed E-state index contributed by atoms with van der Waals surface area (Å²) in [5, 5.41) is 13.0. The van der Waals surface area contributed by atoms with Crippen molar-refractivity contribution >= 4 is 22.7 Å². The third-order valence-corrected chi connectivity index (χ3v) is 2.75. The predicted octanol–water partition coefficient (Wildman–Crippen LogP) is 2.76. The minimum atomic E-state index is -0.953. The first-order valence-corrected chi connectivity index (χ1v) is 6.03. The highest BCUT2D eigenvalue weighted by Gasteiger charge is 2.11. The zero-order valence-electron chi connectivity index (χ0n) is 10.4. The Morgan fingerprint density at radius 1 is 1.42 bits per heavy atom. The number of para-hydroxylation sites is 1. The van der Waals surface area contributed by atoms with Crippen LogP contribution in [0.1, 0.15) is 23.2 Å². The molecule has 0 fully saturated rings. The minimum absolute atomic E-state index is 0.255. The number of benzene rings is 1. The van der Waals surface area contributed by atoms with Crippen molar-refractivity contribution in [3.05, 3.63) is 35.9 Å². The van der Waals surface area contributed by atoms with E-state index in [1.165, 1.54) is 0 Å². The van der Waals surface area contributed by atoms with Gasteiger partial charge in [-0.25, -0.2) is 9.78 Å². The van der Waals surface area contributed by atoms with E-state index in [1.54, 1.807) is 24.3 Å². The molecule has 0 unspecified atom stereocenters. The zero-order valence-corrected chi connectivity index (χ0v) is 10.4. The van der Waals surface area contributed by atoms with Gasteiger partial charge in [-0.2, -0.15) is 0 Å². The van der Waals surface area contributed by atoms with Gasteiger partial charge >= 0.3 is 5.97 Å². The molecule has 2 aromatic rings. The fourth-order valence-corrected chi connectivity index (χ4v) is 1.85. The third kappa shape index (κ3) is 3.02. The van der Waals surface area contributed by atoms with Gasteiger partial charge in [0.1, 0.15) is 5.82 Å². The number of hydrogen-bond donors (Lipinski definition) is 2. The van der Waals surface area contributed by atoms with Gasteiger partial charge in [0.15, 0.2) is 0 Å². The molecule has 0 saturated heterocycles. The second kappa shape index (κ2) is 5.87. The number of carbonyl (C=O) groups is 1. The average molecular weight is 254 g/mol. The average Bonchev–Trinajstić information content (AvgIpc) is 2.42. The number of nitrogens with one attached hydrogen (secondary N) is 1. The Labute approximate surface area is 111 Å². The molecule has 0 saturated carbocycles. The molecule has 0 radical (unpaired) electrons. The van der Waals surface area contributed by atoms with Crippen molar-refractivity contribution in [2.75, 3.05) is 11.9 Å². The van der Waals surface area contributed by atoms with Crippen molar-refractivity contribution in [1.29, 1.82) is 0 Å². The number of nitrogens with zero attached hydrogens (tertiary/aromatic N) is 1. The first-order chi connectivity index (χ1) is 9.22. The molecule has 96 valence electrons. The van der Waals surface area contributed by atoms with Crippen molar-refractivity contribution in [3.63, 3.8) is 0 Å². The molecular weight excluding hydrogens is 240 g/mol. The van der Waals surface area contributed by atoms with Gasteiger partial charge in [-0.05, 0) is 18.6 Å². The molecule has 19 heavy (non-hydrogen) atoms. The lowest BCUT2D eigenvalue weighted by atomic mass is 10.1. The van der Waals surface area contributed by atoms with Crippen LogP contribution < -0.4 is 5.32 Å². The second-order valence-corrected chi connectivity index (χ2v) is 4.11. The highest BCUT2D eigenvalue weighted by atomic mass is 16.4. The summed E-state index contributed by atoms with van der Waals surface area (Å²) >= 11 is 0. The summed E-state index contributed by atoms with van der Waals surface area (Å²) in [6, 6.07) is 8.75. The fourth-order valence-electron chi connectivity index (χ4n) is 1.85. The lowest BCUT2D eigenvalue weighted by Gasteiger charge is -2.08. The van der Waals surface area contributed by atoms with E-state index in [0.29, 0.717) is 29.7 Å². The number of carboxylic acid groups (broad SMARTS) is 1. The zero-order chi connectivity index (χ0) is 13.7. The number of fused-ring (bicyclic) bond motifs is 1. The van der Waals surface area contributed by atoms with E-state index in [0.717, 1.165) is 6.42 Å². The number of unbranched alkanes of at least 4 members (excludes halogenated alkanes) is 1. The van der Waals surface area contributed by atoms with Crippen LogP contribution in [0.15, 0.2) is 30.3 Å². The molecule has 4 heteroatoms. The molecule has 1 aromatic carbocycles. The standard InChI is InChI=1S/C15H14N2O2/c1-2-3-6-9-16-14-10-12(15(18)19)11-7-4-5-8-13(11)17-14/h1,4-5,7-8,10H,3,6,9H2,(H,16,17)(H,18,19). The van der Waals surface area contributed by atoms with Crippen molar-refractivity contribution < 1.29 is 9.90 Å². The van der Waals surface area contributed by atoms with E-state index in [9.17, 15) is 9.90 Å². The smallest absolute Gasteiger partial charge is 0.336 e. The van der Waals surface area contributed by atoms with Gasteiger partial charge in [-0.3, -0.25) is 0 Å². The molecule has 2 N–H and O–H groups in total. The Morgan fingerprint density at radius 2 is 2.21 bits per heavy atom. The van der Waals surface area contributed by atoms with E-state index < -0.39 is 5.97 Å². The largest absolute Gasteiger partial charge is 0.478 e. The van der Waals surface area contributed by atoms with E-state index in [1.807, 2.05) is 6.07 Å². The molecule has 0 spiro atoms. The Bertz CT molecular complexity index is 644. The number of anilines is 1. The van der Waals surface area contributed by atoms with Crippen LogP contribution in [0.4, 0.5) is 5.82 Å². The number of aromatic nitrogens is 1. The third-order valence-electron chi connectivity index (χ3n) is 2.75. The van der Waals surface area contributed by atoms with Crippen LogP contribution in [0.25, 0.3) is 10.9 Å². The number of terminal acetylenes is 1. The minimum Gasteiger partial charge on any atom is -0.478 e. The number of hydrogen-bond acceptors (Lipinski definition) is 3. The van der Waals surface area contributed by atoms with Crippen LogP contribution in [-0.2, 0) is 0 Å². The summed E-state index contributed by atoms with van der Waals surface area (Å²) in [4.78, 5) is 15.7. The van der Waals surface area contributed by atoms with Gasteiger partial charge < -0.3 is 10.4 Å². The van der Waals surface area contributed by atoms with Gasteiger partial charge in [0.2, 0.25) is 0 Å². The van der Waals surface area contributed by atoms with E-state index >= 15 is 0 Å². The Balaban J connectivity index is 2.31. The maximum atomic E-state index is 11.3. The molecule has 1 heterocycles. The maximum Gasteiger partial charge on any atom is 0.336 e. The molecule has 0 aliphatic heterocycles. The van der Waals surface area contributed by atoms with Crippen molar-refractivity contribution in [1.82, 2.24) is 4.98 Å². The molecule has 0 atom stereocenters.